The van der Waals surface area contributed by atoms with Gasteiger partial charge in [0.15, 0.2) is 10.3 Å². The second kappa shape index (κ2) is 8.75. The van der Waals surface area contributed by atoms with E-state index in [9.17, 15) is 4.79 Å². The summed E-state index contributed by atoms with van der Waals surface area (Å²) in [6.07, 6.45) is 2.34. The first-order chi connectivity index (χ1) is 13.7. The van der Waals surface area contributed by atoms with Gasteiger partial charge in [0.25, 0.3) is 0 Å². The van der Waals surface area contributed by atoms with Crippen LogP contribution in [-0.2, 0) is 4.79 Å². The number of carbonyl (C=O) groups excluding carboxylic acids is 1. The maximum absolute atomic E-state index is 12.5. The molecule has 7 heteroatoms. The molecular formula is C21H22N4OS2. The molecule has 0 spiro atoms. The molecule has 1 saturated heterocycles. The van der Waals surface area contributed by atoms with Crippen molar-refractivity contribution in [3.05, 3.63) is 54.1 Å². The average molecular weight is 411 g/mol. The number of nitrogens with zero attached hydrogens (tertiary/aromatic N) is 3. The van der Waals surface area contributed by atoms with Crippen LogP contribution in [0.1, 0.15) is 18.4 Å². The van der Waals surface area contributed by atoms with Gasteiger partial charge < -0.3 is 10.2 Å². The van der Waals surface area contributed by atoms with Gasteiger partial charge in [0.1, 0.15) is 0 Å². The number of amidine groups is 1. The first-order valence-electron chi connectivity index (χ1n) is 9.36. The zero-order chi connectivity index (χ0) is 19.3. The third-order valence-electron chi connectivity index (χ3n) is 4.48. The van der Waals surface area contributed by atoms with Crippen LogP contribution in [0.2, 0.25) is 0 Å². The van der Waals surface area contributed by atoms with Gasteiger partial charge in [-0.05, 0) is 49.6 Å². The third-order valence-corrected chi connectivity index (χ3v) is 6.43. The third kappa shape index (κ3) is 4.72. The van der Waals surface area contributed by atoms with Gasteiger partial charge in [-0.2, -0.15) is 0 Å². The Morgan fingerprint density at radius 2 is 2.00 bits per heavy atom. The van der Waals surface area contributed by atoms with Gasteiger partial charge in [-0.3, -0.25) is 4.79 Å². The number of aromatic nitrogens is 1. The maximum Gasteiger partial charge on any atom is 0.236 e. The fourth-order valence-corrected chi connectivity index (χ4v) is 4.93. The highest BCUT2D eigenvalue weighted by atomic mass is 32.2. The summed E-state index contributed by atoms with van der Waals surface area (Å²) in [5.41, 5.74) is 3.03. The van der Waals surface area contributed by atoms with Gasteiger partial charge in [0, 0.05) is 13.1 Å². The Hall–Kier alpha value is -2.38. The summed E-state index contributed by atoms with van der Waals surface area (Å²) in [5, 5.41) is 4.50. The molecular weight excluding hydrogens is 388 g/mol. The van der Waals surface area contributed by atoms with E-state index in [2.05, 4.69) is 28.2 Å². The Labute approximate surface area is 172 Å². The zero-order valence-electron chi connectivity index (χ0n) is 15.7. The minimum absolute atomic E-state index is 0.0549. The number of anilines is 1. The number of hydrogen-bond acceptors (Lipinski definition) is 5. The van der Waals surface area contributed by atoms with Crippen LogP contribution in [0.5, 0.6) is 0 Å². The van der Waals surface area contributed by atoms with Gasteiger partial charge in [-0.25, -0.2) is 9.98 Å². The summed E-state index contributed by atoms with van der Waals surface area (Å²) in [7, 11) is 0. The number of nitrogens with one attached hydrogen (secondary N) is 1. The average Bonchev–Trinajstić information content (AvgIpc) is 3.35. The number of benzene rings is 2. The number of aliphatic imine (C=N–C) groups is 1. The lowest BCUT2D eigenvalue weighted by molar-refractivity contribution is -0.113. The number of thiazole rings is 1. The van der Waals surface area contributed by atoms with E-state index in [1.54, 1.807) is 0 Å². The molecule has 0 unspecified atom stereocenters. The lowest BCUT2D eigenvalue weighted by Crippen LogP contribution is -2.27. The molecule has 5 nitrogen and oxygen atoms in total. The fourth-order valence-electron chi connectivity index (χ4n) is 3.09. The van der Waals surface area contributed by atoms with Gasteiger partial charge in [-0.1, -0.05) is 47.4 Å². The Morgan fingerprint density at radius 1 is 1.21 bits per heavy atom. The lowest BCUT2D eigenvalue weighted by Gasteiger charge is -2.19. The van der Waals surface area contributed by atoms with Crippen LogP contribution < -0.4 is 5.32 Å². The summed E-state index contributed by atoms with van der Waals surface area (Å²) in [6.45, 7) is 4.05. The molecule has 1 fully saturated rings. The van der Waals surface area contributed by atoms with Gasteiger partial charge in [0.2, 0.25) is 5.91 Å². The quantitative estimate of drug-likeness (QED) is 0.482. The van der Waals surface area contributed by atoms with E-state index in [1.165, 1.54) is 41.5 Å². The van der Waals surface area contributed by atoms with Gasteiger partial charge in [-0.15, -0.1) is 0 Å². The summed E-state index contributed by atoms with van der Waals surface area (Å²) < 4.78 is 1.09. The number of thioether (sulfide) groups is 1. The van der Waals surface area contributed by atoms with Crippen LogP contribution >= 0.6 is 23.1 Å². The van der Waals surface area contributed by atoms with Gasteiger partial charge in [0.05, 0.1) is 21.7 Å². The predicted molar refractivity (Wildman–Crippen MR) is 120 cm³/mol. The lowest BCUT2D eigenvalue weighted by atomic mass is 10.2. The molecule has 1 N–H and O–H groups in total. The Morgan fingerprint density at radius 3 is 2.79 bits per heavy atom. The fraction of sp³-hybridized carbons (Fsp3) is 0.286. The van der Waals surface area contributed by atoms with Crippen molar-refractivity contribution in [2.24, 2.45) is 4.99 Å². The van der Waals surface area contributed by atoms with Crippen molar-refractivity contribution in [3.8, 4) is 0 Å². The minimum atomic E-state index is -0.0549. The molecule has 1 aliphatic rings. The first kappa shape index (κ1) is 19.0. The Balaban J connectivity index is 1.42. The van der Waals surface area contributed by atoms with E-state index in [4.69, 9.17) is 4.99 Å². The van der Waals surface area contributed by atoms with Crippen LogP contribution in [0.3, 0.4) is 0 Å². The molecule has 2 heterocycles. The molecule has 1 amide bonds. The molecule has 4 rings (SSSR count). The summed E-state index contributed by atoms with van der Waals surface area (Å²) in [4.78, 5) is 24.0. The van der Waals surface area contributed by atoms with Crippen LogP contribution in [0.4, 0.5) is 10.8 Å². The number of rotatable bonds is 4. The van der Waals surface area contributed by atoms with E-state index in [0.29, 0.717) is 10.9 Å². The first-order valence-corrected chi connectivity index (χ1v) is 11.2. The molecule has 0 aliphatic carbocycles. The molecule has 3 aromatic rings. The van der Waals surface area contributed by atoms with Crippen LogP contribution in [0.15, 0.2) is 53.5 Å². The smallest absolute Gasteiger partial charge is 0.236 e. The number of carbonyl (C=O) groups is 1. The number of aryl methyl sites for hydroxylation is 1. The van der Waals surface area contributed by atoms with Crippen molar-refractivity contribution in [2.75, 3.05) is 24.2 Å². The normalized spacial score (nSPS) is 14.6. The Kier molecular flexibility index (Phi) is 5.92. The van der Waals surface area contributed by atoms with Crippen LogP contribution in [0.25, 0.3) is 10.2 Å². The molecule has 144 valence electrons. The molecule has 0 radical (unpaired) electrons. The minimum Gasteiger partial charge on any atom is -0.351 e. The maximum atomic E-state index is 12.5. The van der Waals surface area contributed by atoms with E-state index < -0.39 is 0 Å². The number of likely N-dealkylation sites (tertiary alicyclic amines) is 1. The standard InChI is InChI=1S/C21H22N4OS2/c1-15-9-10-17-18(13-15)28-20(23-17)24-19(26)14-27-21(25-11-5-6-12-25)22-16-7-3-2-4-8-16/h2-4,7-10,13H,5-6,11-12,14H2,1H3,(H,23,24,26). The van der Waals surface area contributed by atoms with E-state index in [1.807, 2.05) is 42.5 Å². The second-order valence-corrected chi connectivity index (χ2v) is 8.72. The molecule has 2 aromatic carbocycles. The number of para-hydroxylation sites is 1. The predicted octanol–water partition coefficient (Wildman–Crippen LogP) is 5.06. The Bertz CT molecular complexity index is 994. The zero-order valence-corrected chi connectivity index (χ0v) is 17.4. The van der Waals surface area contributed by atoms with Crippen molar-refractivity contribution >= 4 is 55.2 Å². The van der Waals surface area contributed by atoms with Crippen molar-refractivity contribution in [3.63, 3.8) is 0 Å². The van der Waals surface area contributed by atoms with Crippen molar-refractivity contribution in [2.45, 2.75) is 19.8 Å². The topological polar surface area (TPSA) is 57.6 Å². The number of fused-ring (bicyclic) bond motifs is 1. The van der Waals surface area contributed by atoms with Crippen molar-refractivity contribution in [1.29, 1.82) is 0 Å². The van der Waals surface area contributed by atoms with E-state index in [-0.39, 0.29) is 5.91 Å². The summed E-state index contributed by atoms with van der Waals surface area (Å²) in [6, 6.07) is 16.0. The monoisotopic (exact) mass is 410 g/mol. The van der Waals surface area contributed by atoms with E-state index in [0.717, 1.165) is 34.2 Å². The molecule has 1 aromatic heterocycles. The highest BCUT2D eigenvalue weighted by molar-refractivity contribution is 8.14. The molecule has 0 saturated carbocycles. The highest BCUT2D eigenvalue weighted by Gasteiger charge is 2.18. The van der Waals surface area contributed by atoms with Crippen LogP contribution in [0, 0.1) is 6.92 Å². The molecule has 0 atom stereocenters. The molecule has 1 aliphatic heterocycles. The number of amides is 1. The van der Waals surface area contributed by atoms with Gasteiger partial charge >= 0.3 is 0 Å². The van der Waals surface area contributed by atoms with E-state index >= 15 is 0 Å². The summed E-state index contributed by atoms with van der Waals surface area (Å²) >= 11 is 3.00. The van der Waals surface area contributed by atoms with Crippen LogP contribution in [-0.4, -0.2) is 39.8 Å². The van der Waals surface area contributed by atoms with Crippen molar-refractivity contribution < 1.29 is 4.79 Å². The SMILES string of the molecule is Cc1ccc2nc(NC(=O)CSC(=Nc3ccccc3)N3CCCC3)sc2c1. The van der Waals surface area contributed by atoms with Crippen molar-refractivity contribution in [1.82, 2.24) is 9.88 Å². The summed E-state index contributed by atoms with van der Waals surface area (Å²) in [5.74, 6) is 0.262. The molecule has 28 heavy (non-hydrogen) atoms. The molecule has 0 bridgehead atoms. The number of hydrogen-bond donors (Lipinski definition) is 1. The highest BCUT2D eigenvalue weighted by Crippen LogP contribution is 2.27. The largest absolute Gasteiger partial charge is 0.351 e. The second-order valence-electron chi connectivity index (χ2n) is 6.75.